The largest absolute Gasteiger partial charge is 0.307 e. The van der Waals surface area contributed by atoms with E-state index in [4.69, 9.17) is 11.6 Å². The van der Waals surface area contributed by atoms with E-state index in [-0.39, 0.29) is 17.3 Å². The Bertz CT molecular complexity index is 610. The van der Waals surface area contributed by atoms with Crippen LogP contribution in [0, 0.1) is 12.7 Å². The fourth-order valence-corrected chi connectivity index (χ4v) is 1.73. The van der Waals surface area contributed by atoms with Crippen molar-refractivity contribution >= 4 is 11.6 Å². The van der Waals surface area contributed by atoms with E-state index in [0.717, 1.165) is 0 Å². The van der Waals surface area contributed by atoms with Crippen LogP contribution in [-0.4, -0.2) is 9.97 Å². The molecule has 0 spiro atoms. The summed E-state index contributed by atoms with van der Waals surface area (Å²) in [5.41, 5.74) is 1.62. The minimum Gasteiger partial charge on any atom is -0.307 e. The van der Waals surface area contributed by atoms with Crippen LogP contribution in [0.3, 0.4) is 0 Å². The van der Waals surface area contributed by atoms with Gasteiger partial charge in [-0.15, -0.1) is 11.6 Å². The molecule has 0 saturated heterocycles. The lowest BCUT2D eigenvalue weighted by molar-refractivity contribution is 0.627. The van der Waals surface area contributed by atoms with Gasteiger partial charge in [0.05, 0.1) is 11.6 Å². The summed E-state index contributed by atoms with van der Waals surface area (Å²) in [5, 5.41) is 0. The van der Waals surface area contributed by atoms with E-state index in [0.29, 0.717) is 22.6 Å². The Balaban J connectivity index is 2.60. The van der Waals surface area contributed by atoms with Crippen molar-refractivity contribution in [3.63, 3.8) is 0 Å². The molecule has 0 radical (unpaired) electrons. The topological polar surface area (TPSA) is 45.8 Å². The zero-order valence-electron chi connectivity index (χ0n) is 9.13. The van der Waals surface area contributed by atoms with Gasteiger partial charge in [0.1, 0.15) is 11.6 Å². The average molecular weight is 253 g/mol. The van der Waals surface area contributed by atoms with Crippen molar-refractivity contribution in [2.45, 2.75) is 12.8 Å². The average Bonchev–Trinajstić information content (AvgIpc) is 2.28. The molecule has 3 nitrogen and oxygen atoms in total. The van der Waals surface area contributed by atoms with Gasteiger partial charge in [-0.2, -0.15) is 0 Å². The van der Waals surface area contributed by atoms with E-state index in [2.05, 4.69) is 9.97 Å². The van der Waals surface area contributed by atoms with Gasteiger partial charge in [-0.25, -0.2) is 9.37 Å². The van der Waals surface area contributed by atoms with Gasteiger partial charge in [-0.1, -0.05) is 0 Å². The molecule has 1 heterocycles. The molecule has 0 aliphatic rings. The molecule has 1 aromatic heterocycles. The maximum absolute atomic E-state index is 13.0. The Morgan fingerprint density at radius 1 is 1.41 bits per heavy atom. The number of halogens is 2. The molecule has 0 atom stereocenters. The second kappa shape index (κ2) is 4.67. The van der Waals surface area contributed by atoms with Gasteiger partial charge in [0.2, 0.25) is 0 Å². The van der Waals surface area contributed by atoms with Crippen LogP contribution in [0.15, 0.2) is 29.1 Å². The molecule has 1 aromatic carbocycles. The number of rotatable bonds is 2. The standard InChI is InChI=1S/C12H10ClFN2O/c1-7-4-8(14)2-3-10(7)12-15-9(6-13)5-11(17)16-12/h2-5H,6H2,1H3,(H,15,16,17). The summed E-state index contributed by atoms with van der Waals surface area (Å²) in [4.78, 5) is 18.2. The van der Waals surface area contributed by atoms with E-state index in [1.54, 1.807) is 13.0 Å². The Hall–Kier alpha value is -1.68. The number of aryl methyl sites for hydroxylation is 1. The lowest BCUT2D eigenvalue weighted by Gasteiger charge is -2.06. The molecule has 2 rings (SSSR count). The predicted octanol–water partition coefficient (Wildman–Crippen LogP) is 2.62. The van der Waals surface area contributed by atoms with Crippen LogP contribution in [0.4, 0.5) is 4.39 Å². The minimum atomic E-state index is -0.318. The molecular weight excluding hydrogens is 243 g/mol. The number of hydrogen-bond donors (Lipinski definition) is 1. The van der Waals surface area contributed by atoms with Crippen molar-refractivity contribution in [2.75, 3.05) is 0 Å². The Morgan fingerprint density at radius 2 is 2.18 bits per heavy atom. The molecule has 1 N–H and O–H groups in total. The Kier molecular flexibility index (Phi) is 3.24. The second-order valence-corrected chi connectivity index (χ2v) is 3.95. The van der Waals surface area contributed by atoms with Crippen LogP contribution >= 0.6 is 11.6 Å². The third-order valence-electron chi connectivity index (χ3n) is 2.38. The molecule has 0 fully saturated rings. The van der Waals surface area contributed by atoms with Crippen molar-refractivity contribution in [3.8, 4) is 11.4 Å². The third kappa shape index (κ3) is 2.53. The van der Waals surface area contributed by atoms with Gasteiger partial charge in [-0.3, -0.25) is 4.79 Å². The normalized spacial score (nSPS) is 10.5. The number of benzene rings is 1. The first-order valence-corrected chi connectivity index (χ1v) is 5.56. The molecule has 0 amide bonds. The van der Waals surface area contributed by atoms with Gasteiger partial charge in [-0.05, 0) is 30.7 Å². The zero-order valence-corrected chi connectivity index (χ0v) is 9.88. The Labute approximate surface area is 102 Å². The highest BCUT2D eigenvalue weighted by atomic mass is 35.5. The molecular formula is C12H10ClFN2O. The first-order valence-electron chi connectivity index (χ1n) is 5.03. The maximum atomic E-state index is 13.0. The predicted molar refractivity (Wildman–Crippen MR) is 64.5 cm³/mol. The van der Waals surface area contributed by atoms with E-state index in [9.17, 15) is 9.18 Å². The van der Waals surface area contributed by atoms with E-state index >= 15 is 0 Å². The first-order chi connectivity index (χ1) is 8.10. The van der Waals surface area contributed by atoms with Crippen LogP contribution in [0.2, 0.25) is 0 Å². The zero-order chi connectivity index (χ0) is 12.4. The summed E-state index contributed by atoms with van der Waals surface area (Å²) in [7, 11) is 0. The number of nitrogens with one attached hydrogen (secondary N) is 1. The molecule has 88 valence electrons. The highest BCUT2D eigenvalue weighted by molar-refractivity contribution is 6.16. The lowest BCUT2D eigenvalue weighted by Crippen LogP contribution is -2.10. The summed E-state index contributed by atoms with van der Waals surface area (Å²) in [6.07, 6.45) is 0. The molecule has 0 saturated carbocycles. The SMILES string of the molecule is Cc1cc(F)ccc1-c1nc(CCl)cc(=O)[nH]1. The van der Waals surface area contributed by atoms with Gasteiger partial charge in [0.25, 0.3) is 5.56 Å². The molecule has 0 aliphatic heterocycles. The highest BCUT2D eigenvalue weighted by Crippen LogP contribution is 2.19. The van der Waals surface area contributed by atoms with E-state index < -0.39 is 0 Å². The van der Waals surface area contributed by atoms with E-state index in [1.165, 1.54) is 18.2 Å². The first kappa shape index (κ1) is 11.8. The van der Waals surface area contributed by atoms with E-state index in [1.807, 2.05) is 0 Å². The fourth-order valence-electron chi connectivity index (χ4n) is 1.60. The molecule has 17 heavy (non-hydrogen) atoms. The van der Waals surface area contributed by atoms with Crippen LogP contribution < -0.4 is 5.56 Å². The highest BCUT2D eigenvalue weighted by Gasteiger charge is 2.07. The smallest absolute Gasteiger partial charge is 0.251 e. The van der Waals surface area contributed by atoms with Crippen LogP contribution in [0.25, 0.3) is 11.4 Å². The van der Waals surface area contributed by atoms with Crippen molar-refractivity contribution < 1.29 is 4.39 Å². The second-order valence-electron chi connectivity index (χ2n) is 3.68. The van der Waals surface area contributed by atoms with Gasteiger partial charge in [0, 0.05) is 11.6 Å². The van der Waals surface area contributed by atoms with Crippen molar-refractivity contribution in [1.29, 1.82) is 0 Å². The molecule has 0 aliphatic carbocycles. The van der Waals surface area contributed by atoms with Crippen molar-refractivity contribution in [1.82, 2.24) is 9.97 Å². The summed E-state index contributed by atoms with van der Waals surface area (Å²) < 4.78 is 13.0. The van der Waals surface area contributed by atoms with Crippen molar-refractivity contribution in [2.24, 2.45) is 0 Å². The summed E-state index contributed by atoms with van der Waals surface area (Å²) in [6, 6.07) is 5.65. The summed E-state index contributed by atoms with van der Waals surface area (Å²) in [6.45, 7) is 1.76. The number of aromatic amines is 1. The van der Waals surface area contributed by atoms with Crippen LogP contribution in [0.1, 0.15) is 11.3 Å². The minimum absolute atomic E-state index is 0.164. The van der Waals surface area contributed by atoms with Crippen molar-refractivity contribution in [3.05, 3.63) is 51.7 Å². The van der Waals surface area contributed by atoms with Crippen LogP contribution in [-0.2, 0) is 5.88 Å². The molecule has 0 unspecified atom stereocenters. The number of hydrogen-bond acceptors (Lipinski definition) is 2. The molecule has 0 bridgehead atoms. The Morgan fingerprint density at radius 3 is 2.82 bits per heavy atom. The number of H-pyrrole nitrogens is 1. The van der Waals surface area contributed by atoms with Gasteiger partial charge < -0.3 is 4.98 Å². The maximum Gasteiger partial charge on any atom is 0.251 e. The monoisotopic (exact) mass is 252 g/mol. The van der Waals surface area contributed by atoms with Crippen LogP contribution in [0.5, 0.6) is 0 Å². The summed E-state index contributed by atoms with van der Waals surface area (Å²) >= 11 is 5.65. The molecule has 5 heteroatoms. The number of alkyl halides is 1. The third-order valence-corrected chi connectivity index (χ3v) is 2.65. The van der Waals surface area contributed by atoms with Gasteiger partial charge >= 0.3 is 0 Å². The number of aromatic nitrogens is 2. The summed E-state index contributed by atoms with van der Waals surface area (Å²) in [5.74, 6) is 0.254. The lowest BCUT2D eigenvalue weighted by atomic mass is 10.1. The number of nitrogens with zero attached hydrogens (tertiary/aromatic N) is 1. The molecule has 2 aromatic rings. The fraction of sp³-hybridized carbons (Fsp3) is 0.167. The quantitative estimate of drug-likeness (QED) is 0.835. The van der Waals surface area contributed by atoms with Gasteiger partial charge in [0.15, 0.2) is 0 Å².